The van der Waals surface area contributed by atoms with Gasteiger partial charge in [0.25, 0.3) is 5.91 Å². The highest BCUT2D eigenvalue weighted by molar-refractivity contribution is 6.61. The number of nitrogens with zero attached hydrogens (tertiary/aromatic N) is 3. The number of halogens is 1. The Morgan fingerprint density at radius 1 is 1.54 bits per heavy atom. The molecule has 11 heteroatoms. The molecule has 1 unspecified atom stereocenters. The largest absolute Gasteiger partial charge is 0.494 e. The molecule has 9 nitrogen and oxygen atoms in total. The third-order valence-corrected chi connectivity index (χ3v) is 4.95. The average Bonchev–Trinajstić information content (AvgIpc) is 3.26. The minimum atomic E-state index is -1.29. The highest BCUT2D eigenvalue weighted by Crippen LogP contribution is 2.29. The number of nitriles is 1. The molecule has 1 aromatic heterocycles. The van der Waals surface area contributed by atoms with Crippen LogP contribution >= 0.6 is 0 Å². The van der Waals surface area contributed by atoms with Crippen LogP contribution in [0.5, 0.6) is 0 Å². The number of hydrogen-bond acceptors (Lipinski definition) is 7. The zero-order valence-electron chi connectivity index (χ0n) is 14.8. The van der Waals surface area contributed by atoms with Crippen LogP contribution in [0.15, 0.2) is 18.3 Å². The highest BCUT2D eigenvalue weighted by Gasteiger charge is 2.32. The molecule has 4 N–H and O–H groups in total. The van der Waals surface area contributed by atoms with Crippen molar-refractivity contribution in [3.8, 4) is 6.07 Å². The van der Waals surface area contributed by atoms with Crippen molar-refractivity contribution in [1.82, 2.24) is 9.78 Å². The number of nitrogens with one attached hydrogen (secondary N) is 1. The minimum absolute atomic E-state index is 0.0727. The van der Waals surface area contributed by atoms with Crippen molar-refractivity contribution >= 4 is 30.0 Å². The van der Waals surface area contributed by atoms with Gasteiger partial charge in [0.1, 0.15) is 11.4 Å². The van der Waals surface area contributed by atoms with Gasteiger partial charge in [-0.2, -0.15) is 10.4 Å². The lowest BCUT2D eigenvalue weighted by atomic mass is 9.79. The Bertz CT molecular complexity index is 975. The first-order valence-corrected chi connectivity index (χ1v) is 8.73. The quantitative estimate of drug-likeness (QED) is 0.639. The number of hydrogen-bond donors (Lipinski definition) is 3. The van der Waals surface area contributed by atoms with Crippen LogP contribution in [0.1, 0.15) is 28.4 Å². The van der Waals surface area contributed by atoms with Crippen LogP contribution in [0.3, 0.4) is 0 Å². The van der Waals surface area contributed by atoms with E-state index in [1.807, 2.05) is 0 Å². The van der Waals surface area contributed by atoms with Gasteiger partial charge in [-0.25, -0.2) is 4.39 Å². The van der Waals surface area contributed by atoms with Gasteiger partial charge in [0.2, 0.25) is 0 Å². The topological polar surface area (TPSA) is 135 Å². The number of anilines is 2. The second kappa shape index (κ2) is 7.24. The van der Waals surface area contributed by atoms with E-state index in [4.69, 9.17) is 15.1 Å². The van der Waals surface area contributed by atoms with Crippen LogP contribution in [-0.2, 0) is 16.0 Å². The van der Waals surface area contributed by atoms with E-state index < -0.39 is 18.8 Å². The lowest BCUT2D eigenvalue weighted by Gasteiger charge is -2.26. The molecule has 0 radical (unpaired) electrons. The smallest absolute Gasteiger partial charge is 0.423 e. The summed E-state index contributed by atoms with van der Waals surface area (Å²) in [5, 5.41) is 26.3. The summed E-state index contributed by atoms with van der Waals surface area (Å²) in [6.07, 6.45) is 2.03. The summed E-state index contributed by atoms with van der Waals surface area (Å²) in [7, 11) is -1.29. The molecule has 1 saturated heterocycles. The van der Waals surface area contributed by atoms with E-state index in [1.54, 1.807) is 6.07 Å². The fourth-order valence-electron chi connectivity index (χ4n) is 3.50. The predicted octanol–water partition coefficient (Wildman–Crippen LogP) is 0.184. The van der Waals surface area contributed by atoms with E-state index in [1.165, 1.54) is 16.9 Å². The van der Waals surface area contributed by atoms with Crippen LogP contribution in [0, 0.1) is 23.1 Å². The Morgan fingerprint density at radius 2 is 2.36 bits per heavy atom. The molecule has 2 atom stereocenters. The van der Waals surface area contributed by atoms with Crippen molar-refractivity contribution in [1.29, 1.82) is 5.26 Å². The second-order valence-corrected chi connectivity index (χ2v) is 6.72. The van der Waals surface area contributed by atoms with Crippen molar-refractivity contribution < 1.29 is 23.6 Å². The molecule has 144 valence electrons. The summed E-state index contributed by atoms with van der Waals surface area (Å²) in [4.78, 5) is 11.9. The van der Waals surface area contributed by atoms with Gasteiger partial charge >= 0.3 is 7.12 Å². The van der Waals surface area contributed by atoms with Gasteiger partial charge in [0.05, 0.1) is 31.2 Å². The maximum Gasteiger partial charge on any atom is 0.494 e. The van der Waals surface area contributed by atoms with Gasteiger partial charge in [0, 0.05) is 24.0 Å². The van der Waals surface area contributed by atoms with E-state index in [0.717, 1.165) is 0 Å². The lowest BCUT2D eigenvalue weighted by molar-refractivity contribution is 0.0342. The Labute approximate surface area is 160 Å². The average molecular weight is 385 g/mol. The van der Waals surface area contributed by atoms with Crippen molar-refractivity contribution in [2.24, 2.45) is 11.7 Å². The zero-order valence-corrected chi connectivity index (χ0v) is 14.8. The van der Waals surface area contributed by atoms with Crippen LogP contribution in [0.2, 0.25) is 0 Å². The summed E-state index contributed by atoms with van der Waals surface area (Å²) in [6, 6.07) is 4.68. The molecule has 1 aromatic carbocycles. The monoisotopic (exact) mass is 385 g/mol. The SMILES string of the molecule is N#C[C@H]1CCOCC1n1cc(C(N)=O)c(Nc2cc(F)c3c(c2)COB3O)n1. The standard InChI is InChI=1S/C17H17BFN5O4/c19-13-4-11(3-10-7-28-18(26)15(10)13)22-17-12(16(21)25)6-24(23-17)14-8-27-2-1-9(14)5-20/h3-4,6,9,14,26H,1-2,7-8H2,(H2,21,25)(H,22,23)/t9-,14?/m1/s1. The van der Waals surface area contributed by atoms with Gasteiger partial charge in [-0.15, -0.1) is 0 Å². The zero-order chi connectivity index (χ0) is 19.8. The van der Waals surface area contributed by atoms with Crippen LogP contribution in [0.25, 0.3) is 0 Å². The molecule has 2 aliphatic heterocycles. The maximum absolute atomic E-state index is 14.3. The Balaban J connectivity index is 1.67. The lowest BCUT2D eigenvalue weighted by Crippen LogP contribution is -2.31. The van der Waals surface area contributed by atoms with Gasteiger partial charge in [-0.1, -0.05) is 0 Å². The summed E-state index contributed by atoms with van der Waals surface area (Å²) in [5.41, 5.74) is 6.50. The number of primary amides is 1. The summed E-state index contributed by atoms with van der Waals surface area (Å²) in [5.74, 6) is -1.50. The van der Waals surface area contributed by atoms with Gasteiger partial charge in [-0.3, -0.25) is 9.48 Å². The first kappa shape index (κ1) is 18.4. The molecule has 0 aliphatic carbocycles. The maximum atomic E-state index is 14.3. The molecule has 0 bridgehead atoms. The van der Waals surface area contributed by atoms with Crippen LogP contribution in [0.4, 0.5) is 15.9 Å². The second-order valence-electron chi connectivity index (χ2n) is 6.72. The summed E-state index contributed by atoms with van der Waals surface area (Å²) < 4.78 is 26.3. The van der Waals surface area contributed by atoms with Crippen LogP contribution < -0.4 is 16.5 Å². The molecule has 2 aromatic rings. The number of rotatable bonds is 4. The molecule has 1 fully saturated rings. The molecule has 3 heterocycles. The van der Waals surface area contributed by atoms with Gasteiger partial charge in [0.15, 0.2) is 5.82 Å². The van der Waals surface area contributed by atoms with Crippen LogP contribution in [-0.4, -0.2) is 41.0 Å². The van der Waals surface area contributed by atoms with Crippen molar-refractivity contribution in [2.45, 2.75) is 19.1 Å². The molecule has 4 rings (SSSR count). The van der Waals surface area contributed by atoms with E-state index in [-0.39, 0.29) is 35.4 Å². The molecule has 0 spiro atoms. The predicted molar refractivity (Wildman–Crippen MR) is 96.4 cm³/mol. The Morgan fingerprint density at radius 3 is 3.11 bits per heavy atom. The molecular weight excluding hydrogens is 368 g/mol. The number of aromatic nitrogens is 2. The summed E-state index contributed by atoms with van der Waals surface area (Å²) >= 11 is 0. The molecule has 2 aliphatic rings. The van der Waals surface area contributed by atoms with Crippen molar-refractivity contribution in [2.75, 3.05) is 18.5 Å². The first-order chi connectivity index (χ1) is 13.5. The number of benzene rings is 1. The van der Waals surface area contributed by atoms with Crippen molar-refractivity contribution in [3.05, 3.63) is 35.3 Å². The minimum Gasteiger partial charge on any atom is -0.423 e. The third kappa shape index (κ3) is 3.22. The van der Waals surface area contributed by atoms with E-state index >= 15 is 0 Å². The van der Waals surface area contributed by atoms with E-state index in [2.05, 4.69) is 16.5 Å². The highest BCUT2D eigenvalue weighted by atomic mass is 19.1. The summed E-state index contributed by atoms with van der Waals surface area (Å²) in [6.45, 7) is 0.857. The van der Waals surface area contributed by atoms with Gasteiger partial charge < -0.3 is 25.5 Å². The normalized spacial score (nSPS) is 21.2. The van der Waals surface area contributed by atoms with E-state index in [0.29, 0.717) is 30.9 Å². The number of carbonyl (C=O) groups excluding carboxylic acids is 1. The first-order valence-electron chi connectivity index (χ1n) is 8.73. The van der Waals surface area contributed by atoms with Crippen molar-refractivity contribution in [3.63, 3.8) is 0 Å². The number of nitrogens with two attached hydrogens (primary N) is 1. The third-order valence-electron chi connectivity index (χ3n) is 4.95. The number of carbonyl (C=O) groups is 1. The Hall–Kier alpha value is -2.94. The number of fused-ring (bicyclic) bond motifs is 1. The Kier molecular flexibility index (Phi) is 4.76. The fraction of sp³-hybridized carbons (Fsp3) is 0.353. The molecule has 1 amide bonds. The molecule has 28 heavy (non-hydrogen) atoms. The molecular formula is C17H17BFN5O4. The fourth-order valence-corrected chi connectivity index (χ4v) is 3.50. The van der Waals surface area contributed by atoms with Gasteiger partial charge in [-0.05, 0) is 24.1 Å². The number of amides is 1. The number of ether oxygens (including phenoxy) is 1. The van der Waals surface area contributed by atoms with E-state index in [9.17, 15) is 19.5 Å². The molecule has 0 saturated carbocycles.